The summed E-state index contributed by atoms with van der Waals surface area (Å²) in [6, 6.07) is 2.20. The Balaban J connectivity index is 1.58. The first-order chi connectivity index (χ1) is 12.4. The Hall–Kier alpha value is -2.22. The Bertz CT molecular complexity index is 785. The summed E-state index contributed by atoms with van der Waals surface area (Å²) in [7, 11) is 1.60. The molecule has 3 rings (SSSR count). The van der Waals surface area contributed by atoms with Crippen LogP contribution in [0.3, 0.4) is 0 Å². The minimum absolute atomic E-state index is 0.0217. The monoisotopic (exact) mass is 361 g/mol. The number of aromatic nitrogens is 4. The third-order valence-electron chi connectivity index (χ3n) is 4.72. The van der Waals surface area contributed by atoms with Crippen molar-refractivity contribution in [3.63, 3.8) is 0 Å². The van der Waals surface area contributed by atoms with Crippen molar-refractivity contribution in [2.24, 2.45) is 5.92 Å². The van der Waals surface area contributed by atoms with Crippen LogP contribution in [-0.4, -0.2) is 39.9 Å². The van der Waals surface area contributed by atoms with Gasteiger partial charge in [0.05, 0.1) is 12.0 Å². The molecule has 0 aromatic carbocycles. The molecule has 26 heavy (non-hydrogen) atoms. The average Bonchev–Trinajstić information content (AvgIpc) is 3.05. The largest absolute Gasteiger partial charge is 0.377 e. The van der Waals surface area contributed by atoms with Crippen molar-refractivity contribution in [2.75, 3.05) is 25.1 Å². The maximum Gasteiger partial charge on any atom is 0.324 e. The molecule has 0 unspecified atom stereocenters. The van der Waals surface area contributed by atoms with E-state index in [1.54, 1.807) is 24.1 Å². The number of hydrogen-bond donors (Lipinski definition) is 0. The third-order valence-corrected chi connectivity index (χ3v) is 4.72. The van der Waals surface area contributed by atoms with Crippen LogP contribution >= 0.6 is 0 Å². The van der Waals surface area contributed by atoms with Gasteiger partial charge in [-0.05, 0) is 18.8 Å². The molecule has 0 saturated carbocycles. The van der Waals surface area contributed by atoms with Crippen molar-refractivity contribution in [3.8, 4) is 0 Å². The molecular weight excluding hydrogens is 334 g/mol. The van der Waals surface area contributed by atoms with Gasteiger partial charge in [-0.15, -0.1) is 0 Å². The van der Waals surface area contributed by atoms with Crippen LogP contribution in [0, 0.1) is 5.92 Å². The quantitative estimate of drug-likeness (QED) is 0.805. The highest BCUT2D eigenvalue weighted by atomic mass is 16.5. The molecule has 0 radical (unpaired) electrons. The van der Waals surface area contributed by atoms with E-state index in [4.69, 9.17) is 9.26 Å². The van der Waals surface area contributed by atoms with Crippen LogP contribution < -0.4 is 10.5 Å². The van der Waals surface area contributed by atoms with Gasteiger partial charge in [0.25, 0.3) is 5.56 Å². The standard InChI is InChI=1S/C18H27N5O3/c1-18(2,3)14-9-16(24)23(12-19-14)10-13-5-7-22(8-6-13)17-20-15(11-25-4)21-26-17/h9,12-13H,5-8,10-11H2,1-4H3. The van der Waals surface area contributed by atoms with Crippen LogP contribution in [0.1, 0.15) is 45.1 Å². The fourth-order valence-electron chi connectivity index (χ4n) is 3.12. The molecule has 0 spiro atoms. The Morgan fingerprint density at radius 2 is 2.04 bits per heavy atom. The Morgan fingerprint density at radius 1 is 1.31 bits per heavy atom. The van der Waals surface area contributed by atoms with Crippen LogP contribution in [0.15, 0.2) is 21.7 Å². The van der Waals surface area contributed by atoms with Crippen molar-refractivity contribution in [1.82, 2.24) is 19.7 Å². The molecule has 0 atom stereocenters. The summed E-state index contributed by atoms with van der Waals surface area (Å²) in [4.78, 5) is 23.3. The van der Waals surface area contributed by atoms with Crippen LogP contribution in [0.25, 0.3) is 0 Å². The number of piperidine rings is 1. The van der Waals surface area contributed by atoms with E-state index in [1.807, 2.05) is 0 Å². The molecule has 142 valence electrons. The summed E-state index contributed by atoms with van der Waals surface area (Å²) in [5.41, 5.74) is 0.736. The van der Waals surface area contributed by atoms with Gasteiger partial charge >= 0.3 is 6.01 Å². The fourth-order valence-corrected chi connectivity index (χ4v) is 3.12. The topological polar surface area (TPSA) is 86.3 Å². The second-order valence-corrected chi connectivity index (χ2v) is 7.87. The Labute approximate surface area is 153 Å². The van der Waals surface area contributed by atoms with E-state index >= 15 is 0 Å². The normalized spacial score (nSPS) is 16.2. The molecule has 1 aliphatic rings. The summed E-state index contributed by atoms with van der Waals surface area (Å²) in [6.45, 7) is 8.89. The summed E-state index contributed by atoms with van der Waals surface area (Å²) in [6.07, 6.45) is 3.62. The smallest absolute Gasteiger partial charge is 0.324 e. The van der Waals surface area contributed by atoms with Crippen LogP contribution in [0.4, 0.5) is 6.01 Å². The second-order valence-electron chi connectivity index (χ2n) is 7.87. The SMILES string of the molecule is COCc1noc(N2CCC(Cn3cnc(C(C)(C)C)cc3=O)CC2)n1. The van der Waals surface area contributed by atoms with Gasteiger partial charge in [0.15, 0.2) is 5.82 Å². The number of ether oxygens (including phenoxy) is 1. The van der Waals surface area contributed by atoms with Gasteiger partial charge in [-0.3, -0.25) is 9.36 Å². The lowest BCUT2D eigenvalue weighted by molar-refractivity contribution is 0.174. The lowest BCUT2D eigenvalue weighted by Gasteiger charge is -2.30. The fraction of sp³-hybridized carbons (Fsp3) is 0.667. The maximum absolute atomic E-state index is 12.4. The van der Waals surface area contributed by atoms with Gasteiger partial charge in [0.1, 0.15) is 6.61 Å². The number of hydrogen-bond acceptors (Lipinski definition) is 7. The zero-order valence-corrected chi connectivity index (χ0v) is 15.9. The first kappa shape index (κ1) is 18.6. The predicted molar refractivity (Wildman–Crippen MR) is 97.1 cm³/mol. The van der Waals surface area contributed by atoms with Crippen molar-refractivity contribution >= 4 is 6.01 Å². The zero-order chi connectivity index (χ0) is 18.7. The number of anilines is 1. The molecule has 8 heteroatoms. The summed E-state index contributed by atoms with van der Waals surface area (Å²) in [5, 5.41) is 3.90. The van der Waals surface area contributed by atoms with Crippen molar-refractivity contribution < 1.29 is 9.26 Å². The van der Waals surface area contributed by atoms with Crippen LogP contribution in [0.2, 0.25) is 0 Å². The second kappa shape index (κ2) is 7.57. The lowest BCUT2D eigenvalue weighted by atomic mass is 9.92. The number of nitrogens with zero attached hydrogens (tertiary/aromatic N) is 5. The first-order valence-electron chi connectivity index (χ1n) is 9.00. The summed E-state index contributed by atoms with van der Waals surface area (Å²) >= 11 is 0. The number of rotatable bonds is 5. The Kier molecular flexibility index (Phi) is 5.41. The highest BCUT2D eigenvalue weighted by molar-refractivity contribution is 5.25. The first-order valence-corrected chi connectivity index (χ1v) is 9.00. The highest BCUT2D eigenvalue weighted by Crippen LogP contribution is 2.23. The molecule has 0 amide bonds. The van der Waals surface area contributed by atoms with E-state index in [0.29, 0.717) is 30.9 Å². The van der Waals surface area contributed by atoms with Gasteiger partial charge in [0, 0.05) is 38.2 Å². The lowest BCUT2D eigenvalue weighted by Crippen LogP contribution is -2.36. The maximum atomic E-state index is 12.4. The van der Waals surface area contributed by atoms with E-state index < -0.39 is 0 Å². The Morgan fingerprint density at radius 3 is 2.65 bits per heavy atom. The molecule has 2 aromatic heterocycles. The molecule has 8 nitrogen and oxygen atoms in total. The minimum Gasteiger partial charge on any atom is -0.377 e. The van der Waals surface area contributed by atoms with Gasteiger partial charge in [0.2, 0.25) is 0 Å². The van der Waals surface area contributed by atoms with E-state index in [-0.39, 0.29) is 11.0 Å². The van der Waals surface area contributed by atoms with E-state index in [1.165, 1.54) is 0 Å². The van der Waals surface area contributed by atoms with E-state index in [9.17, 15) is 4.79 Å². The van der Waals surface area contributed by atoms with Gasteiger partial charge in [-0.2, -0.15) is 4.98 Å². The van der Waals surface area contributed by atoms with Crippen molar-refractivity contribution in [2.45, 2.75) is 52.2 Å². The number of methoxy groups -OCH3 is 1. The van der Waals surface area contributed by atoms with Gasteiger partial charge < -0.3 is 14.2 Å². The van der Waals surface area contributed by atoms with Crippen molar-refractivity contribution in [1.29, 1.82) is 0 Å². The predicted octanol–water partition coefficient (Wildman–Crippen LogP) is 1.99. The molecule has 1 fully saturated rings. The van der Waals surface area contributed by atoms with Crippen LogP contribution in [0.5, 0.6) is 0 Å². The molecule has 1 saturated heterocycles. The molecule has 0 bridgehead atoms. The summed E-state index contributed by atoms with van der Waals surface area (Å²) in [5.74, 6) is 0.994. The zero-order valence-electron chi connectivity index (χ0n) is 15.9. The third kappa shape index (κ3) is 4.30. The van der Waals surface area contributed by atoms with Gasteiger partial charge in [-0.1, -0.05) is 25.9 Å². The highest BCUT2D eigenvalue weighted by Gasteiger charge is 2.24. The minimum atomic E-state index is -0.116. The van der Waals surface area contributed by atoms with Crippen molar-refractivity contribution in [3.05, 3.63) is 34.3 Å². The molecular formula is C18H27N5O3. The summed E-state index contributed by atoms with van der Waals surface area (Å²) < 4.78 is 12.0. The van der Waals surface area contributed by atoms with E-state index in [2.05, 4.69) is 40.8 Å². The van der Waals surface area contributed by atoms with E-state index in [0.717, 1.165) is 31.6 Å². The average molecular weight is 361 g/mol. The molecule has 1 aliphatic heterocycles. The molecule has 3 heterocycles. The molecule has 0 N–H and O–H groups in total. The molecule has 2 aromatic rings. The van der Waals surface area contributed by atoms with Crippen LogP contribution in [-0.2, 0) is 23.3 Å². The van der Waals surface area contributed by atoms with Gasteiger partial charge in [-0.25, -0.2) is 4.98 Å². The molecule has 0 aliphatic carbocycles.